The van der Waals surface area contributed by atoms with Crippen LogP contribution in [-0.4, -0.2) is 24.6 Å². The van der Waals surface area contributed by atoms with E-state index < -0.39 is 0 Å². The van der Waals surface area contributed by atoms with Gasteiger partial charge in [0.15, 0.2) is 0 Å². The Morgan fingerprint density at radius 1 is 1.47 bits per heavy atom. The number of aromatic nitrogens is 1. The fourth-order valence-electron chi connectivity index (χ4n) is 1.62. The van der Waals surface area contributed by atoms with E-state index in [1.54, 1.807) is 25.4 Å². The highest BCUT2D eigenvalue weighted by Crippen LogP contribution is 2.22. The minimum atomic E-state index is -0.278. The molecular formula is C13H13ClN2O2S. The molecule has 2 rings (SSSR count). The Morgan fingerprint density at radius 3 is 2.89 bits per heavy atom. The van der Waals surface area contributed by atoms with Crippen LogP contribution in [0.2, 0.25) is 4.34 Å². The van der Waals surface area contributed by atoms with Crippen molar-refractivity contribution in [3.8, 4) is 0 Å². The van der Waals surface area contributed by atoms with E-state index in [0.717, 1.165) is 5.69 Å². The third kappa shape index (κ3) is 3.76. The number of rotatable bonds is 5. The Morgan fingerprint density at radius 2 is 2.32 bits per heavy atom. The van der Waals surface area contributed by atoms with Crippen molar-refractivity contribution in [2.24, 2.45) is 0 Å². The highest BCUT2D eigenvalue weighted by molar-refractivity contribution is 7.17. The molecule has 0 aromatic carbocycles. The molecule has 0 aliphatic heterocycles. The van der Waals surface area contributed by atoms with Crippen LogP contribution in [0.4, 0.5) is 0 Å². The van der Waals surface area contributed by atoms with E-state index in [1.165, 1.54) is 11.3 Å². The molecule has 6 heteroatoms. The average Bonchev–Trinajstić information content (AvgIpc) is 2.86. The van der Waals surface area contributed by atoms with Crippen molar-refractivity contribution in [1.29, 1.82) is 0 Å². The molecule has 2 aromatic rings. The zero-order valence-electron chi connectivity index (χ0n) is 10.3. The molecule has 19 heavy (non-hydrogen) atoms. The van der Waals surface area contributed by atoms with E-state index in [1.807, 2.05) is 18.2 Å². The molecule has 100 valence electrons. The molecule has 0 bridgehead atoms. The zero-order valence-corrected chi connectivity index (χ0v) is 11.9. The first-order chi connectivity index (χ1) is 9.20. The summed E-state index contributed by atoms with van der Waals surface area (Å²) in [6.07, 6.45) is 1.69. The molecule has 4 nitrogen and oxygen atoms in total. The molecule has 1 N–H and O–H groups in total. The van der Waals surface area contributed by atoms with E-state index >= 15 is 0 Å². The topological polar surface area (TPSA) is 51.2 Å². The fourth-order valence-corrected chi connectivity index (χ4v) is 2.56. The summed E-state index contributed by atoms with van der Waals surface area (Å²) < 4.78 is 5.71. The molecule has 0 saturated carbocycles. The Balaban J connectivity index is 2.11. The van der Waals surface area contributed by atoms with E-state index in [2.05, 4.69) is 10.3 Å². The maximum atomic E-state index is 12.1. The lowest BCUT2D eigenvalue weighted by Crippen LogP contribution is -2.31. The van der Waals surface area contributed by atoms with Crippen LogP contribution in [0.5, 0.6) is 0 Å². The van der Waals surface area contributed by atoms with E-state index in [4.69, 9.17) is 16.3 Å². The van der Waals surface area contributed by atoms with Crippen LogP contribution < -0.4 is 5.32 Å². The summed E-state index contributed by atoms with van der Waals surface area (Å²) in [5, 5.41) is 2.89. The molecule has 0 unspecified atom stereocenters. The zero-order chi connectivity index (χ0) is 13.7. The van der Waals surface area contributed by atoms with Crippen LogP contribution in [0.15, 0.2) is 36.5 Å². The molecule has 1 amide bonds. The second kappa shape index (κ2) is 6.65. The van der Waals surface area contributed by atoms with Gasteiger partial charge in [-0.2, -0.15) is 0 Å². The predicted molar refractivity (Wildman–Crippen MR) is 75.6 cm³/mol. The van der Waals surface area contributed by atoms with Crippen LogP contribution in [0.1, 0.15) is 21.4 Å². The van der Waals surface area contributed by atoms with Gasteiger partial charge in [-0.1, -0.05) is 17.7 Å². The summed E-state index contributed by atoms with van der Waals surface area (Å²) in [7, 11) is 1.59. The first-order valence-corrected chi connectivity index (χ1v) is 6.86. The standard InChI is InChI=1S/C13H13ClN2O2S/c1-18-8-10(9-4-2-3-7-15-9)16-13(17)11-5-6-12(14)19-11/h2-7,10H,8H2,1H3,(H,16,17)/t10-/m1/s1. The first-order valence-electron chi connectivity index (χ1n) is 5.67. The van der Waals surface area contributed by atoms with Gasteiger partial charge in [-0.3, -0.25) is 9.78 Å². The van der Waals surface area contributed by atoms with Gasteiger partial charge in [-0.05, 0) is 24.3 Å². The van der Waals surface area contributed by atoms with Crippen LogP contribution in [0.25, 0.3) is 0 Å². The monoisotopic (exact) mass is 296 g/mol. The van der Waals surface area contributed by atoms with E-state index in [0.29, 0.717) is 15.8 Å². The van der Waals surface area contributed by atoms with Gasteiger partial charge >= 0.3 is 0 Å². The quantitative estimate of drug-likeness (QED) is 0.923. The largest absolute Gasteiger partial charge is 0.382 e. The second-order valence-corrected chi connectivity index (χ2v) is 5.55. The Kier molecular flexibility index (Phi) is 4.90. The van der Waals surface area contributed by atoms with Gasteiger partial charge in [0.2, 0.25) is 0 Å². The van der Waals surface area contributed by atoms with Crippen LogP contribution in [-0.2, 0) is 4.74 Å². The highest BCUT2D eigenvalue weighted by atomic mass is 35.5. The number of hydrogen-bond acceptors (Lipinski definition) is 4. The third-order valence-electron chi connectivity index (χ3n) is 2.48. The van der Waals surface area contributed by atoms with Crippen LogP contribution >= 0.6 is 22.9 Å². The van der Waals surface area contributed by atoms with Gasteiger partial charge in [0.25, 0.3) is 5.91 Å². The molecule has 2 heterocycles. The molecule has 1 atom stereocenters. The lowest BCUT2D eigenvalue weighted by molar-refractivity contribution is 0.0898. The first kappa shape index (κ1) is 14.0. The molecule has 0 radical (unpaired) electrons. The predicted octanol–water partition coefficient (Wildman–Crippen LogP) is 2.91. The number of methoxy groups -OCH3 is 1. The lowest BCUT2D eigenvalue weighted by Gasteiger charge is -2.16. The molecule has 0 fully saturated rings. The Hall–Kier alpha value is -1.43. The van der Waals surface area contributed by atoms with Gasteiger partial charge < -0.3 is 10.1 Å². The SMILES string of the molecule is COC[C@@H](NC(=O)c1ccc(Cl)s1)c1ccccn1. The van der Waals surface area contributed by atoms with Crippen molar-refractivity contribution in [3.05, 3.63) is 51.4 Å². The van der Waals surface area contributed by atoms with Gasteiger partial charge in [0.05, 0.1) is 27.6 Å². The van der Waals surface area contributed by atoms with Crippen molar-refractivity contribution in [2.75, 3.05) is 13.7 Å². The number of nitrogens with zero attached hydrogens (tertiary/aromatic N) is 1. The van der Waals surface area contributed by atoms with Crippen molar-refractivity contribution < 1.29 is 9.53 Å². The van der Waals surface area contributed by atoms with E-state index in [9.17, 15) is 4.79 Å². The number of carbonyl (C=O) groups excluding carboxylic acids is 1. The number of ether oxygens (including phenoxy) is 1. The normalized spacial score (nSPS) is 12.1. The van der Waals surface area contributed by atoms with Crippen molar-refractivity contribution in [1.82, 2.24) is 10.3 Å². The number of carbonyl (C=O) groups is 1. The smallest absolute Gasteiger partial charge is 0.262 e. The number of pyridine rings is 1. The summed E-state index contributed by atoms with van der Waals surface area (Å²) in [6.45, 7) is 0.363. The van der Waals surface area contributed by atoms with Crippen LogP contribution in [0.3, 0.4) is 0 Å². The number of thiophene rings is 1. The fraction of sp³-hybridized carbons (Fsp3) is 0.231. The lowest BCUT2D eigenvalue weighted by atomic mass is 10.2. The maximum Gasteiger partial charge on any atom is 0.262 e. The Bertz CT molecular complexity index is 545. The second-order valence-electron chi connectivity index (χ2n) is 3.84. The summed E-state index contributed by atoms with van der Waals surface area (Å²) in [6, 6.07) is 8.68. The summed E-state index contributed by atoms with van der Waals surface area (Å²) in [4.78, 5) is 16.9. The number of hydrogen-bond donors (Lipinski definition) is 1. The summed E-state index contributed by atoms with van der Waals surface area (Å²) in [5.74, 6) is -0.176. The van der Waals surface area contributed by atoms with Crippen LogP contribution in [0, 0.1) is 0 Å². The summed E-state index contributed by atoms with van der Waals surface area (Å²) in [5.41, 5.74) is 0.764. The van der Waals surface area contributed by atoms with Gasteiger partial charge in [-0.25, -0.2) is 0 Å². The molecule has 0 aliphatic rings. The molecular weight excluding hydrogens is 284 g/mol. The highest BCUT2D eigenvalue weighted by Gasteiger charge is 2.17. The molecule has 0 spiro atoms. The van der Waals surface area contributed by atoms with Crippen molar-refractivity contribution >= 4 is 28.8 Å². The number of nitrogens with one attached hydrogen (secondary N) is 1. The van der Waals surface area contributed by atoms with E-state index in [-0.39, 0.29) is 11.9 Å². The van der Waals surface area contributed by atoms with Gasteiger partial charge in [0.1, 0.15) is 0 Å². The Labute approximate surface area is 120 Å². The number of halogens is 1. The minimum Gasteiger partial charge on any atom is -0.382 e. The third-order valence-corrected chi connectivity index (χ3v) is 3.71. The number of amides is 1. The molecule has 0 aliphatic carbocycles. The van der Waals surface area contributed by atoms with Gasteiger partial charge in [0, 0.05) is 13.3 Å². The van der Waals surface area contributed by atoms with Crippen molar-refractivity contribution in [3.63, 3.8) is 0 Å². The minimum absolute atomic E-state index is 0.176. The maximum absolute atomic E-state index is 12.1. The van der Waals surface area contributed by atoms with Crippen molar-refractivity contribution in [2.45, 2.75) is 6.04 Å². The molecule has 0 saturated heterocycles. The van der Waals surface area contributed by atoms with Gasteiger partial charge in [-0.15, -0.1) is 11.3 Å². The summed E-state index contributed by atoms with van der Waals surface area (Å²) >= 11 is 7.06. The molecule has 2 aromatic heterocycles. The average molecular weight is 297 g/mol.